The molecule has 7 nitrogen and oxygen atoms in total. The highest BCUT2D eigenvalue weighted by molar-refractivity contribution is 6.49. The zero-order chi connectivity index (χ0) is 36.8. The Balaban J connectivity index is 0.000000270. The molecule has 4 rings (SSSR count). The predicted molar refractivity (Wildman–Crippen MR) is 173 cm³/mol. The van der Waals surface area contributed by atoms with Gasteiger partial charge in [-0.2, -0.15) is 17.6 Å². The van der Waals surface area contributed by atoms with Crippen LogP contribution in [0.2, 0.25) is 0 Å². The molecule has 0 spiro atoms. The molecule has 0 atom stereocenters. The van der Waals surface area contributed by atoms with Gasteiger partial charge in [-0.15, -0.1) is 0 Å². The van der Waals surface area contributed by atoms with Crippen molar-refractivity contribution in [3.63, 3.8) is 0 Å². The van der Waals surface area contributed by atoms with E-state index >= 15 is 0 Å². The summed E-state index contributed by atoms with van der Waals surface area (Å²) in [6, 6.07) is 19.7. The fourth-order valence-electron chi connectivity index (χ4n) is 4.32. The SMILES string of the molecule is Cc1cc(C(=O)C(=O)c2cccc(C#CCF)c2)ccc1OC(F)F.Cc1cc(C(=O)C(=O)c2cccc(C#CCO)c2)ccc1OC(F)F. The van der Waals surface area contributed by atoms with E-state index in [9.17, 15) is 41.1 Å². The van der Waals surface area contributed by atoms with Crippen LogP contribution in [0, 0.1) is 37.5 Å². The summed E-state index contributed by atoms with van der Waals surface area (Å²) in [4.78, 5) is 49.3. The Bertz CT molecular complexity index is 1870. The summed E-state index contributed by atoms with van der Waals surface area (Å²) in [7, 11) is 0. The Labute approximate surface area is 283 Å². The molecule has 0 amide bonds. The van der Waals surface area contributed by atoms with Gasteiger partial charge in [0, 0.05) is 33.4 Å². The number of hydrogen-bond donors (Lipinski definition) is 1. The van der Waals surface area contributed by atoms with Crippen molar-refractivity contribution in [2.75, 3.05) is 13.3 Å². The van der Waals surface area contributed by atoms with E-state index < -0.39 is 43.0 Å². The van der Waals surface area contributed by atoms with Crippen molar-refractivity contribution in [1.29, 1.82) is 0 Å². The smallest absolute Gasteiger partial charge is 0.387 e. The van der Waals surface area contributed by atoms with E-state index in [1.807, 2.05) is 0 Å². The summed E-state index contributed by atoms with van der Waals surface area (Å²) in [6.45, 7) is -4.08. The van der Waals surface area contributed by atoms with Crippen LogP contribution in [0.15, 0.2) is 84.9 Å². The number of ether oxygens (including phenoxy) is 2. The number of benzene rings is 4. The zero-order valence-corrected chi connectivity index (χ0v) is 26.4. The van der Waals surface area contributed by atoms with Gasteiger partial charge in [0.2, 0.25) is 23.1 Å². The van der Waals surface area contributed by atoms with Gasteiger partial charge in [0.1, 0.15) is 18.1 Å². The molecular weight excluding hydrogens is 663 g/mol. The molecule has 4 aromatic carbocycles. The standard InChI is InChI=1S/C19H13F3O3.C19H14F2O4/c1-12-10-15(7-8-16(12)25-19(21)22)18(24)17(23)14-6-2-4-13(11-14)5-3-9-20;1-12-10-15(7-8-16(12)25-19(20)21)18(24)17(23)14-6-2-4-13(11-14)5-3-9-22/h2,4,6-8,10-11,19H,9H2,1H3;2,4,6-8,10-11,19,22H,9H2,1H3. The minimum Gasteiger partial charge on any atom is -0.435 e. The van der Waals surface area contributed by atoms with Crippen molar-refractivity contribution >= 4 is 23.1 Å². The van der Waals surface area contributed by atoms with Crippen molar-refractivity contribution < 1.29 is 55.7 Å². The molecule has 0 heterocycles. The second-order valence-electron chi connectivity index (χ2n) is 10.1. The molecule has 0 aliphatic rings. The molecule has 0 bridgehead atoms. The third-order valence-electron chi connectivity index (χ3n) is 6.58. The molecule has 4 aromatic rings. The number of Topliss-reactive ketones (excluding diaryl/α,β-unsaturated/α-hetero) is 4. The molecule has 0 aromatic heterocycles. The third kappa shape index (κ3) is 11.0. The number of ketones is 4. The molecule has 0 fully saturated rings. The molecular formula is C38H27F5O7. The predicted octanol–water partition coefficient (Wildman–Crippen LogP) is 6.99. The number of alkyl halides is 5. The van der Waals surface area contributed by atoms with Crippen molar-refractivity contribution in [2.45, 2.75) is 27.1 Å². The van der Waals surface area contributed by atoms with Crippen LogP contribution in [0.5, 0.6) is 11.5 Å². The fraction of sp³-hybridized carbons (Fsp3) is 0.158. The van der Waals surface area contributed by atoms with Crippen molar-refractivity contribution in [3.8, 4) is 35.2 Å². The normalized spacial score (nSPS) is 10.1. The highest BCUT2D eigenvalue weighted by Gasteiger charge is 2.21. The number of aliphatic hydroxyl groups is 1. The maximum Gasteiger partial charge on any atom is 0.387 e. The van der Waals surface area contributed by atoms with E-state index in [0.29, 0.717) is 22.3 Å². The van der Waals surface area contributed by atoms with E-state index in [0.717, 1.165) is 0 Å². The summed E-state index contributed by atoms with van der Waals surface area (Å²) >= 11 is 0. The first-order valence-electron chi connectivity index (χ1n) is 14.5. The zero-order valence-electron chi connectivity index (χ0n) is 26.4. The number of rotatable bonds is 10. The number of halogens is 5. The van der Waals surface area contributed by atoms with E-state index in [2.05, 4.69) is 33.2 Å². The lowest BCUT2D eigenvalue weighted by Gasteiger charge is -2.09. The third-order valence-corrected chi connectivity index (χ3v) is 6.58. The van der Waals surface area contributed by atoms with Gasteiger partial charge in [-0.05, 0) is 85.6 Å². The molecule has 1 N–H and O–H groups in total. The maximum atomic E-state index is 12.3. The van der Waals surface area contributed by atoms with Gasteiger partial charge in [0.15, 0.2) is 6.67 Å². The van der Waals surface area contributed by atoms with Crippen molar-refractivity contribution in [3.05, 3.63) is 129 Å². The summed E-state index contributed by atoms with van der Waals surface area (Å²) in [6.07, 6.45) is 0. The van der Waals surface area contributed by atoms with Gasteiger partial charge in [0.05, 0.1) is 0 Å². The van der Waals surface area contributed by atoms with Crippen LogP contribution in [0.25, 0.3) is 0 Å². The Morgan fingerprint density at radius 2 is 0.980 bits per heavy atom. The van der Waals surface area contributed by atoms with Gasteiger partial charge in [0.25, 0.3) is 0 Å². The topological polar surface area (TPSA) is 107 Å². The van der Waals surface area contributed by atoms with Crippen LogP contribution in [-0.2, 0) is 0 Å². The van der Waals surface area contributed by atoms with Crippen LogP contribution in [-0.4, -0.2) is 54.7 Å². The van der Waals surface area contributed by atoms with Crippen LogP contribution in [0.1, 0.15) is 63.7 Å². The van der Waals surface area contributed by atoms with E-state index in [-0.39, 0.29) is 40.4 Å². The van der Waals surface area contributed by atoms with Crippen LogP contribution < -0.4 is 9.47 Å². The maximum absolute atomic E-state index is 12.3. The quantitative estimate of drug-likeness (QED) is 0.0828. The first-order valence-corrected chi connectivity index (χ1v) is 14.5. The van der Waals surface area contributed by atoms with Gasteiger partial charge in [-0.25, -0.2) is 4.39 Å². The summed E-state index contributed by atoms with van der Waals surface area (Å²) in [5.41, 5.74) is 1.93. The van der Waals surface area contributed by atoms with Gasteiger partial charge in [-0.1, -0.05) is 47.9 Å². The van der Waals surface area contributed by atoms with Crippen LogP contribution in [0.4, 0.5) is 22.0 Å². The summed E-state index contributed by atoms with van der Waals surface area (Å²) in [5.74, 6) is 6.68. The molecule has 0 aliphatic heterocycles. The minimum atomic E-state index is -2.98. The average Bonchev–Trinajstić information content (AvgIpc) is 3.10. The Morgan fingerprint density at radius 1 is 0.600 bits per heavy atom. The second-order valence-corrected chi connectivity index (χ2v) is 10.1. The molecule has 0 radical (unpaired) electrons. The van der Waals surface area contributed by atoms with E-state index in [1.54, 1.807) is 18.2 Å². The Morgan fingerprint density at radius 3 is 1.32 bits per heavy atom. The first kappa shape index (κ1) is 38.3. The molecule has 50 heavy (non-hydrogen) atoms. The lowest BCUT2D eigenvalue weighted by atomic mass is 9.99. The molecule has 0 unspecified atom stereocenters. The molecule has 256 valence electrons. The number of hydrogen-bond acceptors (Lipinski definition) is 7. The Kier molecular flexibility index (Phi) is 14.1. The lowest BCUT2D eigenvalue weighted by Crippen LogP contribution is -2.15. The van der Waals surface area contributed by atoms with E-state index in [4.69, 9.17) is 5.11 Å². The molecule has 0 saturated carbocycles. The van der Waals surface area contributed by atoms with Crippen LogP contribution >= 0.6 is 0 Å². The summed E-state index contributed by atoms with van der Waals surface area (Å²) in [5, 5.41) is 8.69. The number of carbonyl (C=O) groups is 4. The molecule has 0 aliphatic carbocycles. The van der Waals surface area contributed by atoms with E-state index in [1.165, 1.54) is 80.6 Å². The average molecular weight is 691 g/mol. The molecule has 0 saturated heterocycles. The first-order chi connectivity index (χ1) is 23.8. The van der Waals surface area contributed by atoms with Crippen molar-refractivity contribution in [2.24, 2.45) is 0 Å². The molecule has 12 heteroatoms. The number of aryl methyl sites for hydroxylation is 2. The highest BCUT2D eigenvalue weighted by atomic mass is 19.3. The highest BCUT2D eigenvalue weighted by Crippen LogP contribution is 2.23. The fourth-order valence-corrected chi connectivity index (χ4v) is 4.32. The number of carbonyl (C=O) groups excluding carboxylic acids is 4. The van der Waals surface area contributed by atoms with Crippen LogP contribution in [0.3, 0.4) is 0 Å². The summed E-state index contributed by atoms with van der Waals surface area (Å²) < 4.78 is 69.7. The number of aliphatic hydroxyl groups excluding tert-OH is 1. The lowest BCUT2D eigenvalue weighted by molar-refractivity contribution is -0.0509. The second kappa shape index (κ2) is 18.4. The van der Waals surface area contributed by atoms with Gasteiger partial charge >= 0.3 is 13.2 Å². The minimum absolute atomic E-state index is 0.0553. The van der Waals surface area contributed by atoms with Gasteiger partial charge < -0.3 is 14.6 Å². The van der Waals surface area contributed by atoms with Crippen molar-refractivity contribution in [1.82, 2.24) is 0 Å². The Hall–Kier alpha value is -6.11. The monoisotopic (exact) mass is 690 g/mol. The largest absolute Gasteiger partial charge is 0.435 e. The van der Waals surface area contributed by atoms with Gasteiger partial charge in [-0.3, -0.25) is 19.2 Å².